The number of carbonyl (C=O) groups excluding carboxylic acids is 2. The fraction of sp³-hybridized carbons (Fsp3) is 0.167. The molecular weight excluding hydrogens is 362 g/mol. The number of anilines is 3. The van der Waals surface area contributed by atoms with E-state index in [1.54, 1.807) is 48.1 Å². The van der Waals surface area contributed by atoms with Gasteiger partial charge in [-0.25, -0.2) is 9.48 Å². The Bertz CT molecular complexity index is 1020. The fourth-order valence-electron chi connectivity index (χ4n) is 2.58. The zero-order chi connectivity index (χ0) is 20.1. The van der Waals surface area contributed by atoms with E-state index in [0.717, 1.165) is 5.56 Å². The fourth-order valence-corrected chi connectivity index (χ4v) is 2.58. The lowest BCUT2D eigenvalue weighted by atomic mass is 10.2. The molecule has 0 aliphatic carbocycles. The molecule has 1 aromatic heterocycles. The van der Waals surface area contributed by atoms with Crippen LogP contribution in [0.3, 0.4) is 0 Å². The number of nitrogens with zero attached hydrogens (tertiary/aromatic N) is 4. The van der Waals surface area contributed by atoms with Gasteiger partial charge in [-0.3, -0.25) is 4.79 Å². The number of benzene rings is 2. The summed E-state index contributed by atoms with van der Waals surface area (Å²) in [6.45, 7) is 1.39. The highest BCUT2D eigenvalue weighted by Crippen LogP contribution is 2.28. The predicted octanol–water partition coefficient (Wildman–Crippen LogP) is 2.49. The maximum absolute atomic E-state index is 12.3. The predicted molar refractivity (Wildman–Crippen MR) is 104 cm³/mol. The third-order valence-electron chi connectivity index (χ3n) is 3.77. The van der Waals surface area contributed by atoms with Gasteiger partial charge >= 0.3 is 6.03 Å². The van der Waals surface area contributed by atoms with E-state index in [1.807, 2.05) is 6.07 Å². The van der Waals surface area contributed by atoms with E-state index in [4.69, 9.17) is 4.74 Å². The zero-order valence-corrected chi connectivity index (χ0v) is 15.6. The summed E-state index contributed by atoms with van der Waals surface area (Å²) in [6, 6.07) is 11.7. The Balaban J connectivity index is 1.72. The van der Waals surface area contributed by atoms with Crippen LogP contribution in [-0.2, 0) is 11.8 Å². The van der Waals surface area contributed by atoms with Crippen LogP contribution >= 0.6 is 0 Å². The molecule has 1 heterocycles. The molecule has 0 bridgehead atoms. The Morgan fingerprint density at radius 1 is 1.04 bits per heavy atom. The molecule has 0 saturated carbocycles. The van der Waals surface area contributed by atoms with Crippen molar-refractivity contribution in [3.63, 3.8) is 0 Å². The molecule has 0 aliphatic rings. The summed E-state index contributed by atoms with van der Waals surface area (Å²) in [6.07, 6.45) is 0. The largest absolute Gasteiger partial charge is 0.495 e. The van der Waals surface area contributed by atoms with Crippen LogP contribution in [0.15, 0.2) is 42.5 Å². The number of hydrogen-bond donors (Lipinski definition) is 3. The first kappa shape index (κ1) is 18.8. The highest BCUT2D eigenvalue weighted by molar-refractivity contribution is 6.01. The van der Waals surface area contributed by atoms with Crippen molar-refractivity contribution in [2.45, 2.75) is 6.92 Å². The maximum atomic E-state index is 12.3. The molecule has 0 atom stereocenters. The van der Waals surface area contributed by atoms with Gasteiger partial charge in [0.1, 0.15) is 5.75 Å². The van der Waals surface area contributed by atoms with Gasteiger partial charge in [-0.05, 0) is 40.8 Å². The second-order valence-electron chi connectivity index (χ2n) is 5.88. The topological polar surface area (TPSA) is 123 Å². The number of aromatic nitrogens is 4. The van der Waals surface area contributed by atoms with Gasteiger partial charge in [0.15, 0.2) is 5.82 Å². The Morgan fingerprint density at radius 2 is 1.79 bits per heavy atom. The van der Waals surface area contributed by atoms with Crippen LogP contribution in [0.1, 0.15) is 6.92 Å². The number of amides is 3. The zero-order valence-electron chi connectivity index (χ0n) is 15.6. The molecule has 3 amide bonds. The second-order valence-corrected chi connectivity index (χ2v) is 5.88. The maximum Gasteiger partial charge on any atom is 0.323 e. The molecule has 0 spiro atoms. The van der Waals surface area contributed by atoms with Gasteiger partial charge in [-0.15, -0.1) is 5.10 Å². The van der Waals surface area contributed by atoms with Crippen LogP contribution in [-0.4, -0.2) is 39.3 Å². The minimum atomic E-state index is -0.438. The van der Waals surface area contributed by atoms with Crippen LogP contribution in [0.5, 0.6) is 5.75 Å². The standard InChI is InChI=1S/C18H19N7O3/c1-11(26)19-15-10-14(7-8-16(15)28-3)21-18(27)20-13-6-4-5-12(9-13)17-22-23-24-25(17)2/h4-10H,1-3H3,(H,19,26)(H2,20,21,27). The second kappa shape index (κ2) is 8.16. The van der Waals surface area contributed by atoms with E-state index in [9.17, 15) is 9.59 Å². The van der Waals surface area contributed by atoms with Crippen molar-refractivity contribution in [3.05, 3.63) is 42.5 Å². The monoisotopic (exact) mass is 381 g/mol. The molecule has 0 aliphatic heterocycles. The Labute approximate surface area is 160 Å². The third-order valence-corrected chi connectivity index (χ3v) is 3.77. The average molecular weight is 381 g/mol. The van der Waals surface area contributed by atoms with Gasteiger partial charge < -0.3 is 20.7 Å². The molecule has 144 valence electrons. The van der Waals surface area contributed by atoms with Crippen LogP contribution in [0.2, 0.25) is 0 Å². The molecule has 0 saturated heterocycles. The first-order chi connectivity index (χ1) is 13.5. The number of nitrogens with one attached hydrogen (secondary N) is 3. The van der Waals surface area contributed by atoms with E-state index >= 15 is 0 Å². The molecule has 0 fully saturated rings. The summed E-state index contributed by atoms with van der Waals surface area (Å²) in [5, 5.41) is 19.5. The summed E-state index contributed by atoms with van der Waals surface area (Å²) < 4.78 is 6.74. The number of methoxy groups -OCH3 is 1. The Hall–Kier alpha value is -3.95. The minimum absolute atomic E-state index is 0.241. The summed E-state index contributed by atoms with van der Waals surface area (Å²) >= 11 is 0. The van der Waals surface area contributed by atoms with E-state index in [2.05, 4.69) is 31.5 Å². The minimum Gasteiger partial charge on any atom is -0.495 e. The van der Waals surface area contributed by atoms with Gasteiger partial charge in [0.25, 0.3) is 0 Å². The molecule has 2 aromatic carbocycles. The summed E-state index contributed by atoms with van der Waals surface area (Å²) in [4.78, 5) is 23.7. The van der Waals surface area contributed by atoms with Crippen molar-refractivity contribution in [3.8, 4) is 17.1 Å². The number of ether oxygens (including phenoxy) is 1. The number of tetrazole rings is 1. The van der Waals surface area contributed by atoms with Crippen molar-refractivity contribution in [2.24, 2.45) is 7.05 Å². The van der Waals surface area contributed by atoms with Crippen molar-refractivity contribution in [2.75, 3.05) is 23.1 Å². The summed E-state index contributed by atoms with van der Waals surface area (Å²) in [5.74, 6) is 0.834. The van der Waals surface area contributed by atoms with Crippen molar-refractivity contribution in [1.82, 2.24) is 20.2 Å². The van der Waals surface area contributed by atoms with Crippen LogP contribution < -0.4 is 20.7 Å². The number of rotatable bonds is 5. The lowest BCUT2D eigenvalue weighted by molar-refractivity contribution is -0.114. The Kier molecular flexibility index (Phi) is 5.49. The molecule has 28 heavy (non-hydrogen) atoms. The quantitative estimate of drug-likeness (QED) is 0.624. The summed E-state index contributed by atoms with van der Waals surface area (Å²) in [7, 11) is 3.23. The SMILES string of the molecule is COc1ccc(NC(=O)Nc2cccc(-c3nnnn3C)c2)cc1NC(C)=O. The highest BCUT2D eigenvalue weighted by Gasteiger charge is 2.10. The molecule has 3 N–H and O–H groups in total. The number of urea groups is 1. The smallest absolute Gasteiger partial charge is 0.323 e. The third kappa shape index (κ3) is 4.41. The van der Waals surface area contributed by atoms with Gasteiger partial charge in [0.05, 0.1) is 12.8 Å². The normalized spacial score (nSPS) is 10.2. The lowest BCUT2D eigenvalue weighted by Crippen LogP contribution is -2.19. The van der Waals surface area contributed by atoms with Crippen molar-refractivity contribution in [1.29, 1.82) is 0 Å². The molecule has 3 rings (SSSR count). The van der Waals surface area contributed by atoms with Crippen LogP contribution in [0, 0.1) is 0 Å². The molecule has 0 unspecified atom stereocenters. The molecule has 3 aromatic rings. The lowest BCUT2D eigenvalue weighted by Gasteiger charge is -2.12. The van der Waals surface area contributed by atoms with E-state index in [1.165, 1.54) is 14.0 Å². The molecule has 0 radical (unpaired) electrons. The van der Waals surface area contributed by atoms with Gasteiger partial charge in [0, 0.05) is 30.9 Å². The molecular formula is C18H19N7O3. The average Bonchev–Trinajstić information content (AvgIpc) is 3.07. The van der Waals surface area contributed by atoms with Crippen molar-refractivity contribution >= 4 is 29.0 Å². The van der Waals surface area contributed by atoms with Gasteiger partial charge in [0.2, 0.25) is 5.91 Å². The first-order valence-electron chi connectivity index (χ1n) is 8.32. The van der Waals surface area contributed by atoms with Crippen molar-refractivity contribution < 1.29 is 14.3 Å². The van der Waals surface area contributed by atoms with Crippen LogP contribution in [0.25, 0.3) is 11.4 Å². The van der Waals surface area contributed by atoms with E-state index in [-0.39, 0.29) is 5.91 Å². The van der Waals surface area contributed by atoms with Gasteiger partial charge in [-0.1, -0.05) is 12.1 Å². The summed E-state index contributed by atoms with van der Waals surface area (Å²) in [5.41, 5.74) is 2.30. The van der Waals surface area contributed by atoms with E-state index < -0.39 is 6.03 Å². The number of hydrogen-bond acceptors (Lipinski definition) is 6. The highest BCUT2D eigenvalue weighted by atomic mass is 16.5. The number of aryl methyl sites for hydroxylation is 1. The molecule has 10 nitrogen and oxygen atoms in total. The Morgan fingerprint density at radius 3 is 2.43 bits per heavy atom. The van der Waals surface area contributed by atoms with Crippen LogP contribution in [0.4, 0.5) is 21.9 Å². The number of carbonyl (C=O) groups is 2. The van der Waals surface area contributed by atoms with E-state index in [0.29, 0.717) is 28.6 Å². The first-order valence-corrected chi connectivity index (χ1v) is 8.32. The van der Waals surface area contributed by atoms with Gasteiger partial charge in [-0.2, -0.15) is 0 Å². The molecule has 10 heteroatoms.